The lowest BCUT2D eigenvalue weighted by molar-refractivity contribution is -0.138. The summed E-state index contributed by atoms with van der Waals surface area (Å²) in [5.41, 5.74) is 3.42. The van der Waals surface area contributed by atoms with Crippen molar-refractivity contribution in [3.05, 3.63) is 35.1 Å². The minimum atomic E-state index is -4.60. The van der Waals surface area contributed by atoms with Crippen molar-refractivity contribution in [1.82, 2.24) is 0 Å². The van der Waals surface area contributed by atoms with Gasteiger partial charge in [0.25, 0.3) is 0 Å². The second kappa shape index (κ2) is 6.07. The maximum Gasteiger partial charge on any atom is 0.416 e. The first-order valence-electron chi connectivity index (χ1n) is 5.32. The van der Waals surface area contributed by atoms with Crippen molar-refractivity contribution in [2.75, 3.05) is 6.61 Å². The normalized spacial score (nSPS) is 13.9. The SMILES string of the molecule is CC(C)(CO)[C@@H](N)c1cc(F)ccc1C(F)(F)F.Cl. The number of nitrogens with two attached hydrogens (primary N) is 1. The first kappa shape index (κ1) is 18.1. The quantitative estimate of drug-likeness (QED) is 0.842. The van der Waals surface area contributed by atoms with Crippen LogP contribution in [0.5, 0.6) is 0 Å². The van der Waals surface area contributed by atoms with Gasteiger partial charge in [-0.3, -0.25) is 0 Å². The van der Waals surface area contributed by atoms with E-state index >= 15 is 0 Å². The van der Waals surface area contributed by atoms with Crippen molar-refractivity contribution in [2.24, 2.45) is 11.1 Å². The van der Waals surface area contributed by atoms with Crippen molar-refractivity contribution in [2.45, 2.75) is 26.1 Å². The maximum absolute atomic E-state index is 13.1. The van der Waals surface area contributed by atoms with Crippen LogP contribution in [-0.2, 0) is 6.18 Å². The molecule has 110 valence electrons. The van der Waals surface area contributed by atoms with Gasteiger partial charge in [0.2, 0.25) is 0 Å². The number of halogens is 5. The molecule has 0 aliphatic heterocycles. The Morgan fingerprint density at radius 2 is 1.79 bits per heavy atom. The molecular weight excluding hydrogens is 286 g/mol. The average Bonchev–Trinajstić information content (AvgIpc) is 2.26. The van der Waals surface area contributed by atoms with Gasteiger partial charge in [-0.2, -0.15) is 13.2 Å². The van der Waals surface area contributed by atoms with Crippen molar-refractivity contribution < 1.29 is 22.7 Å². The van der Waals surface area contributed by atoms with Gasteiger partial charge in [0.15, 0.2) is 0 Å². The van der Waals surface area contributed by atoms with E-state index in [0.29, 0.717) is 6.07 Å². The minimum Gasteiger partial charge on any atom is -0.396 e. The molecule has 0 fully saturated rings. The lowest BCUT2D eigenvalue weighted by Gasteiger charge is -2.31. The van der Waals surface area contributed by atoms with Gasteiger partial charge in [0, 0.05) is 18.1 Å². The number of hydrogen-bond donors (Lipinski definition) is 2. The van der Waals surface area contributed by atoms with Crippen LogP contribution in [0.4, 0.5) is 17.6 Å². The van der Waals surface area contributed by atoms with Crippen LogP contribution in [0.1, 0.15) is 31.0 Å². The molecule has 0 amide bonds. The fourth-order valence-electron chi connectivity index (χ4n) is 1.57. The zero-order chi connectivity index (χ0) is 14.1. The molecule has 1 atom stereocenters. The molecule has 19 heavy (non-hydrogen) atoms. The van der Waals surface area contributed by atoms with Crippen molar-refractivity contribution in [3.63, 3.8) is 0 Å². The third-order valence-corrected chi connectivity index (χ3v) is 2.90. The number of hydrogen-bond acceptors (Lipinski definition) is 2. The van der Waals surface area contributed by atoms with E-state index in [1.807, 2.05) is 0 Å². The number of aliphatic hydroxyl groups excluding tert-OH is 1. The highest BCUT2D eigenvalue weighted by Gasteiger charge is 2.38. The van der Waals surface area contributed by atoms with Crippen LogP contribution in [0.2, 0.25) is 0 Å². The molecule has 0 saturated heterocycles. The van der Waals surface area contributed by atoms with Crippen LogP contribution >= 0.6 is 12.4 Å². The molecule has 0 spiro atoms. The summed E-state index contributed by atoms with van der Waals surface area (Å²) in [5, 5.41) is 9.13. The van der Waals surface area contributed by atoms with E-state index in [4.69, 9.17) is 10.8 Å². The molecule has 0 aliphatic rings. The first-order valence-corrected chi connectivity index (χ1v) is 5.32. The molecule has 7 heteroatoms. The summed E-state index contributed by atoms with van der Waals surface area (Å²) >= 11 is 0. The summed E-state index contributed by atoms with van der Waals surface area (Å²) in [6.45, 7) is 2.63. The van der Waals surface area contributed by atoms with E-state index in [1.165, 1.54) is 13.8 Å². The summed E-state index contributed by atoms with van der Waals surface area (Å²) in [6.07, 6.45) is -4.60. The Morgan fingerprint density at radius 1 is 1.26 bits per heavy atom. The van der Waals surface area contributed by atoms with E-state index in [1.54, 1.807) is 0 Å². The fourth-order valence-corrected chi connectivity index (χ4v) is 1.57. The zero-order valence-corrected chi connectivity index (χ0v) is 11.3. The predicted octanol–water partition coefficient (Wildman–Crippen LogP) is 3.28. The topological polar surface area (TPSA) is 46.2 Å². The van der Waals surface area contributed by atoms with Crippen molar-refractivity contribution in [1.29, 1.82) is 0 Å². The van der Waals surface area contributed by atoms with Gasteiger partial charge in [-0.25, -0.2) is 4.39 Å². The van der Waals surface area contributed by atoms with Crippen LogP contribution in [0.25, 0.3) is 0 Å². The summed E-state index contributed by atoms with van der Waals surface area (Å²) in [6, 6.07) is 1.06. The highest BCUT2D eigenvalue weighted by atomic mass is 35.5. The van der Waals surface area contributed by atoms with Gasteiger partial charge < -0.3 is 10.8 Å². The second-order valence-corrected chi connectivity index (χ2v) is 4.85. The Labute approximate surface area is 115 Å². The number of alkyl halides is 3. The molecule has 0 aromatic heterocycles. The van der Waals surface area contributed by atoms with Gasteiger partial charge in [0.05, 0.1) is 5.56 Å². The Morgan fingerprint density at radius 3 is 2.21 bits per heavy atom. The molecule has 1 aromatic rings. The molecular formula is C12H16ClF4NO. The number of aliphatic hydroxyl groups is 1. The van der Waals surface area contributed by atoms with Gasteiger partial charge >= 0.3 is 6.18 Å². The number of rotatable bonds is 3. The highest BCUT2D eigenvalue weighted by molar-refractivity contribution is 5.85. The van der Waals surface area contributed by atoms with E-state index in [-0.39, 0.29) is 18.0 Å². The summed E-state index contributed by atoms with van der Waals surface area (Å²) in [4.78, 5) is 0. The standard InChI is InChI=1S/C12H15F4NO.ClH/c1-11(2,6-18)10(17)8-5-7(13)3-4-9(8)12(14,15)16;/h3-5,10,18H,6,17H2,1-2H3;1H/t10-;/m0./s1. The largest absolute Gasteiger partial charge is 0.416 e. The maximum atomic E-state index is 13.1. The summed E-state index contributed by atoms with van der Waals surface area (Å²) in [7, 11) is 0. The Kier molecular flexibility index (Phi) is 5.80. The molecule has 0 bridgehead atoms. The van der Waals surface area contributed by atoms with Gasteiger partial charge in [0.1, 0.15) is 5.82 Å². The van der Waals surface area contributed by atoms with Crippen molar-refractivity contribution >= 4 is 12.4 Å². The van der Waals surface area contributed by atoms with Gasteiger partial charge in [-0.15, -0.1) is 12.4 Å². The lowest BCUT2D eigenvalue weighted by atomic mass is 9.80. The van der Waals surface area contributed by atoms with Crippen molar-refractivity contribution in [3.8, 4) is 0 Å². The Balaban J connectivity index is 0.00000324. The van der Waals surface area contributed by atoms with Crippen LogP contribution < -0.4 is 5.73 Å². The van der Waals surface area contributed by atoms with Crippen LogP contribution in [-0.4, -0.2) is 11.7 Å². The third-order valence-electron chi connectivity index (χ3n) is 2.90. The van der Waals surface area contributed by atoms with Crippen LogP contribution in [0.3, 0.4) is 0 Å². The summed E-state index contributed by atoms with van der Waals surface area (Å²) in [5.74, 6) is -0.790. The Bertz CT molecular complexity index is 434. The van der Waals surface area contributed by atoms with Gasteiger partial charge in [-0.1, -0.05) is 13.8 Å². The zero-order valence-electron chi connectivity index (χ0n) is 10.5. The van der Waals surface area contributed by atoms with E-state index < -0.39 is 35.6 Å². The smallest absolute Gasteiger partial charge is 0.396 e. The first-order chi connectivity index (χ1) is 8.09. The highest BCUT2D eigenvalue weighted by Crippen LogP contribution is 2.39. The molecule has 2 nitrogen and oxygen atoms in total. The lowest BCUT2D eigenvalue weighted by Crippen LogP contribution is -2.34. The van der Waals surface area contributed by atoms with E-state index in [9.17, 15) is 17.6 Å². The summed E-state index contributed by atoms with van der Waals surface area (Å²) < 4.78 is 51.5. The fraction of sp³-hybridized carbons (Fsp3) is 0.500. The van der Waals surface area contributed by atoms with Crippen LogP contribution in [0, 0.1) is 11.2 Å². The molecule has 0 unspecified atom stereocenters. The molecule has 0 heterocycles. The van der Waals surface area contributed by atoms with E-state index in [2.05, 4.69) is 0 Å². The monoisotopic (exact) mass is 301 g/mol. The van der Waals surface area contributed by atoms with Crippen LogP contribution in [0.15, 0.2) is 18.2 Å². The Hall–Kier alpha value is -0.850. The molecule has 3 N–H and O–H groups in total. The minimum absolute atomic E-state index is 0. The second-order valence-electron chi connectivity index (χ2n) is 4.85. The predicted molar refractivity (Wildman–Crippen MR) is 66.4 cm³/mol. The molecule has 0 saturated carbocycles. The van der Waals surface area contributed by atoms with E-state index in [0.717, 1.165) is 12.1 Å². The molecule has 1 aromatic carbocycles. The molecule has 0 radical (unpaired) electrons. The molecule has 1 rings (SSSR count). The van der Waals surface area contributed by atoms with Gasteiger partial charge in [-0.05, 0) is 23.8 Å². The third kappa shape index (κ3) is 4.06. The number of benzene rings is 1. The average molecular weight is 302 g/mol. The molecule has 0 aliphatic carbocycles.